The van der Waals surface area contributed by atoms with Crippen LogP contribution in [0, 0.1) is 0 Å². The summed E-state index contributed by atoms with van der Waals surface area (Å²) < 4.78 is 0. The normalized spacial score (nSPS) is 10.8. The van der Waals surface area contributed by atoms with Crippen molar-refractivity contribution < 1.29 is 0 Å². The highest BCUT2D eigenvalue weighted by molar-refractivity contribution is 7.19. The SMILES string of the molecule is Clc1ccc(-c2nc(-c3ccccc3)c(N(Cc3ccccc3)c3ccccc3)s2)cc1. The van der Waals surface area contributed by atoms with Crippen LogP contribution < -0.4 is 4.90 Å². The molecule has 0 atom stereocenters. The predicted octanol–water partition coefficient (Wildman–Crippen LogP) is 8.47. The fourth-order valence-electron chi connectivity index (χ4n) is 3.65. The van der Waals surface area contributed by atoms with Crippen molar-refractivity contribution in [3.63, 3.8) is 0 Å². The number of aromatic nitrogens is 1. The van der Waals surface area contributed by atoms with Gasteiger partial charge in [-0.25, -0.2) is 4.98 Å². The number of thiazole rings is 1. The van der Waals surface area contributed by atoms with Crippen LogP contribution in [0.4, 0.5) is 10.7 Å². The molecule has 0 spiro atoms. The van der Waals surface area contributed by atoms with Crippen LogP contribution in [0.1, 0.15) is 5.56 Å². The predicted molar refractivity (Wildman–Crippen MR) is 137 cm³/mol. The standard InChI is InChI=1S/C28H21ClN2S/c29-24-18-16-23(17-19-24)27-30-26(22-12-6-2-7-13-22)28(32-27)31(25-14-8-3-9-15-25)20-21-10-4-1-5-11-21/h1-19H,20H2. The van der Waals surface area contributed by atoms with Gasteiger partial charge in [0.25, 0.3) is 0 Å². The monoisotopic (exact) mass is 452 g/mol. The summed E-state index contributed by atoms with van der Waals surface area (Å²) in [7, 11) is 0. The zero-order valence-electron chi connectivity index (χ0n) is 17.4. The van der Waals surface area contributed by atoms with Gasteiger partial charge in [0.1, 0.15) is 15.7 Å². The van der Waals surface area contributed by atoms with Crippen molar-refractivity contribution in [1.82, 2.24) is 4.98 Å². The summed E-state index contributed by atoms with van der Waals surface area (Å²) in [6.45, 7) is 0.757. The number of hydrogen-bond donors (Lipinski definition) is 0. The Morgan fingerprint density at radius 1 is 0.656 bits per heavy atom. The molecule has 0 aliphatic heterocycles. The second-order valence-corrected chi connectivity index (χ2v) is 8.87. The first-order chi connectivity index (χ1) is 15.8. The van der Waals surface area contributed by atoms with Crippen molar-refractivity contribution >= 4 is 33.6 Å². The Morgan fingerprint density at radius 2 is 1.25 bits per heavy atom. The second kappa shape index (κ2) is 9.39. The molecule has 2 nitrogen and oxygen atoms in total. The number of anilines is 2. The summed E-state index contributed by atoms with van der Waals surface area (Å²) in [4.78, 5) is 7.46. The molecule has 0 fully saturated rings. The van der Waals surface area contributed by atoms with E-state index >= 15 is 0 Å². The maximum absolute atomic E-state index is 6.13. The topological polar surface area (TPSA) is 16.1 Å². The van der Waals surface area contributed by atoms with Crippen LogP contribution in [0.5, 0.6) is 0 Å². The Morgan fingerprint density at radius 3 is 1.91 bits per heavy atom. The van der Waals surface area contributed by atoms with E-state index in [0.717, 1.165) is 44.1 Å². The number of halogens is 1. The molecule has 32 heavy (non-hydrogen) atoms. The summed E-state index contributed by atoms with van der Waals surface area (Å²) in [5.74, 6) is 0. The van der Waals surface area contributed by atoms with E-state index in [1.165, 1.54) is 5.56 Å². The van der Waals surface area contributed by atoms with Crippen LogP contribution in [-0.4, -0.2) is 4.98 Å². The van der Waals surface area contributed by atoms with Crippen molar-refractivity contribution in [3.8, 4) is 21.8 Å². The van der Waals surface area contributed by atoms with E-state index in [-0.39, 0.29) is 0 Å². The van der Waals surface area contributed by atoms with Crippen LogP contribution >= 0.6 is 22.9 Å². The lowest BCUT2D eigenvalue weighted by atomic mass is 10.1. The summed E-state index contributed by atoms with van der Waals surface area (Å²) in [5.41, 5.74) is 5.54. The third-order valence-electron chi connectivity index (χ3n) is 5.24. The number of hydrogen-bond acceptors (Lipinski definition) is 3. The van der Waals surface area contributed by atoms with Crippen LogP contribution in [-0.2, 0) is 6.54 Å². The van der Waals surface area contributed by atoms with E-state index in [9.17, 15) is 0 Å². The molecule has 0 N–H and O–H groups in total. The van der Waals surface area contributed by atoms with E-state index < -0.39 is 0 Å². The molecular weight excluding hydrogens is 432 g/mol. The lowest BCUT2D eigenvalue weighted by Crippen LogP contribution is -2.16. The lowest BCUT2D eigenvalue weighted by Gasteiger charge is -2.24. The third kappa shape index (κ3) is 4.45. The van der Waals surface area contributed by atoms with Crippen molar-refractivity contribution in [2.24, 2.45) is 0 Å². The Hall–Kier alpha value is -3.40. The first-order valence-electron chi connectivity index (χ1n) is 10.5. The highest BCUT2D eigenvalue weighted by Gasteiger charge is 2.21. The molecule has 0 aliphatic carbocycles. The molecule has 0 unspecified atom stereocenters. The maximum atomic E-state index is 6.13. The van der Waals surface area contributed by atoms with Crippen LogP contribution in [0.2, 0.25) is 5.02 Å². The van der Waals surface area contributed by atoms with Gasteiger partial charge in [-0.2, -0.15) is 0 Å². The number of para-hydroxylation sites is 1. The van der Waals surface area contributed by atoms with Gasteiger partial charge in [0.15, 0.2) is 0 Å². The maximum Gasteiger partial charge on any atom is 0.126 e. The Balaban J connectivity index is 1.67. The average molecular weight is 453 g/mol. The van der Waals surface area contributed by atoms with Gasteiger partial charge in [0, 0.05) is 28.4 Å². The van der Waals surface area contributed by atoms with Gasteiger partial charge in [-0.15, -0.1) is 0 Å². The molecule has 5 rings (SSSR count). The Bertz CT molecular complexity index is 1280. The van der Waals surface area contributed by atoms with Gasteiger partial charge in [-0.05, 0) is 29.8 Å². The minimum atomic E-state index is 0.726. The van der Waals surface area contributed by atoms with Crippen molar-refractivity contribution in [2.75, 3.05) is 4.90 Å². The van der Waals surface area contributed by atoms with Gasteiger partial charge in [-0.1, -0.05) is 114 Å². The van der Waals surface area contributed by atoms with Crippen molar-refractivity contribution in [3.05, 3.63) is 126 Å². The summed E-state index contributed by atoms with van der Waals surface area (Å²) in [6, 6.07) is 39.4. The van der Waals surface area contributed by atoms with E-state index in [2.05, 4.69) is 83.8 Å². The van der Waals surface area contributed by atoms with E-state index in [1.54, 1.807) is 11.3 Å². The minimum absolute atomic E-state index is 0.726. The molecule has 0 amide bonds. The number of benzene rings is 4. The zero-order chi connectivity index (χ0) is 21.8. The van der Waals surface area contributed by atoms with E-state index in [4.69, 9.17) is 16.6 Å². The lowest BCUT2D eigenvalue weighted by molar-refractivity contribution is 0.986. The van der Waals surface area contributed by atoms with Gasteiger partial charge in [0.05, 0.1) is 0 Å². The molecule has 156 valence electrons. The zero-order valence-corrected chi connectivity index (χ0v) is 18.9. The molecule has 1 aromatic heterocycles. The van der Waals surface area contributed by atoms with Crippen LogP contribution in [0.25, 0.3) is 21.8 Å². The highest BCUT2D eigenvalue weighted by Crippen LogP contribution is 2.43. The van der Waals surface area contributed by atoms with Crippen LogP contribution in [0.15, 0.2) is 115 Å². The minimum Gasteiger partial charge on any atom is -0.327 e. The largest absolute Gasteiger partial charge is 0.327 e. The van der Waals surface area contributed by atoms with Gasteiger partial charge in [0.2, 0.25) is 0 Å². The van der Waals surface area contributed by atoms with Crippen molar-refractivity contribution in [1.29, 1.82) is 0 Å². The summed E-state index contributed by atoms with van der Waals surface area (Å²) in [5, 5.41) is 2.82. The Labute approximate surface area is 197 Å². The molecule has 0 bridgehead atoms. The molecule has 0 saturated carbocycles. The number of nitrogens with zero attached hydrogens (tertiary/aromatic N) is 2. The van der Waals surface area contributed by atoms with E-state index in [0.29, 0.717) is 0 Å². The fourth-order valence-corrected chi connectivity index (χ4v) is 4.89. The molecule has 0 aliphatic rings. The van der Waals surface area contributed by atoms with E-state index in [1.807, 2.05) is 36.4 Å². The molecule has 5 aromatic rings. The Kier molecular flexibility index (Phi) is 6.02. The van der Waals surface area contributed by atoms with Gasteiger partial charge >= 0.3 is 0 Å². The summed E-state index contributed by atoms with van der Waals surface area (Å²) >= 11 is 7.83. The molecule has 0 saturated heterocycles. The highest BCUT2D eigenvalue weighted by atomic mass is 35.5. The molecule has 4 aromatic carbocycles. The van der Waals surface area contributed by atoms with Gasteiger partial charge in [-0.3, -0.25) is 0 Å². The number of rotatable bonds is 6. The molecular formula is C28H21ClN2S. The average Bonchev–Trinajstić information content (AvgIpc) is 3.30. The quantitative estimate of drug-likeness (QED) is 0.257. The first kappa shape index (κ1) is 20.5. The second-order valence-electron chi connectivity index (χ2n) is 7.45. The molecule has 0 radical (unpaired) electrons. The molecule has 4 heteroatoms. The van der Waals surface area contributed by atoms with Crippen LogP contribution in [0.3, 0.4) is 0 Å². The summed E-state index contributed by atoms with van der Waals surface area (Å²) in [6.07, 6.45) is 0. The first-order valence-corrected chi connectivity index (χ1v) is 11.7. The third-order valence-corrected chi connectivity index (χ3v) is 6.62. The van der Waals surface area contributed by atoms with Crippen molar-refractivity contribution in [2.45, 2.75) is 6.54 Å². The molecule has 1 heterocycles. The van der Waals surface area contributed by atoms with Gasteiger partial charge < -0.3 is 4.90 Å². The smallest absolute Gasteiger partial charge is 0.126 e. The fraction of sp³-hybridized carbons (Fsp3) is 0.0357.